The minimum atomic E-state index is -0.778. The largest absolute Gasteiger partial charge is 0.377 e. The molecule has 0 aliphatic rings. The second-order valence-corrected chi connectivity index (χ2v) is 2.77. The Morgan fingerprint density at radius 2 is 1.69 bits per heavy atom. The lowest BCUT2D eigenvalue weighted by Crippen LogP contribution is -2.02. The van der Waals surface area contributed by atoms with Gasteiger partial charge >= 0.3 is 11.4 Å². The summed E-state index contributed by atoms with van der Waals surface area (Å²) in [6, 6.07) is 3.60. The van der Waals surface area contributed by atoms with Gasteiger partial charge in [0.2, 0.25) is 0 Å². The van der Waals surface area contributed by atoms with Gasteiger partial charge in [-0.25, -0.2) is 0 Å². The highest BCUT2D eigenvalue weighted by molar-refractivity contribution is 5.75. The molecule has 16 heavy (non-hydrogen) atoms. The van der Waals surface area contributed by atoms with E-state index in [4.69, 9.17) is 5.26 Å². The van der Waals surface area contributed by atoms with Crippen LogP contribution in [0.1, 0.15) is 5.56 Å². The number of hydrogen-bond donors (Lipinski definition) is 1. The van der Waals surface area contributed by atoms with Gasteiger partial charge in [-0.2, -0.15) is 5.26 Å². The zero-order chi connectivity index (χ0) is 12.3. The molecular weight excluding hydrogens is 216 g/mol. The quantitative estimate of drug-likeness (QED) is 0.609. The molecule has 8 heteroatoms. The van der Waals surface area contributed by atoms with Crippen molar-refractivity contribution >= 4 is 17.1 Å². The van der Waals surface area contributed by atoms with Crippen LogP contribution in [0.2, 0.25) is 0 Å². The fourth-order valence-electron chi connectivity index (χ4n) is 1.22. The first-order valence-corrected chi connectivity index (χ1v) is 4.06. The van der Waals surface area contributed by atoms with E-state index < -0.39 is 21.2 Å². The maximum absolute atomic E-state index is 10.7. The molecule has 0 aliphatic heterocycles. The molecule has 1 N–H and O–H groups in total. The number of nitriles is 1. The van der Waals surface area contributed by atoms with E-state index in [1.54, 1.807) is 6.07 Å². The fourth-order valence-corrected chi connectivity index (χ4v) is 1.22. The van der Waals surface area contributed by atoms with Crippen molar-refractivity contribution in [1.82, 2.24) is 0 Å². The molecule has 0 spiro atoms. The van der Waals surface area contributed by atoms with Crippen molar-refractivity contribution < 1.29 is 9.85 Å². The molecule has 0 bridgehead atoms. The third-order valence-corrected chi connectivity index (χ3v) is 1.87. The first-order valence-electron chi connectivity index (χ1n) is 4.06. The normalized spacial score (nSPS) is 9.25. The highest BCUT2D eigenvalue weighted by Crippen LogP contribution is 2.34. The summed E-state index contributed by atoms with van der Waals surface area (Å²) in [5, 5.41) is 32.3. The molecule has 0 aromatic heterocycles. The van der Waals surface area contributed by atoms with Gasteiger partial charge in [-0.15, -0.1) is 0 Å². The monoisotopic (exact) mass is 222 g/mol. The zero-order valence-corrected chi connectivity index (χ0v) is 8.13. The molecule has 1 aromatic rings. The average Bonchev–Trinajstić information content (AvgIpc) is 2.26. The Hall–Kier alpha value is -2.69. The number of nitrogens with one attached hydrogen (secondary N) is 1. The molecule has 0 atom stereocenters. The molecule has 0 amide bonds. The number of rotatable bonds is 3. The second-order valence-electron chi connectivity index (χ2n) is 2.77. The van der Waals surface area contributed by atoms with Crippen LogP contribution in [0.5, 0.6) is 0 Å². The van der Waals surface area contributed by atoms with E-state index >= 15 is 0 Å². The molecule has 8 nitrogen and oxygen atoms in total. The molecule has 0 radical (unpaired) electrons. The minimum absolute atomic E-state index is 0.127. The van der Waals surface area contributed by atoms with Gasteiger partial charge in [0, 0.05) is 19.2 Å². The third kappa shape index (κ3) is 1.88. The minimum Gasteiger partial charge on any atom is -0.377 e. The Balaban J connectivity index is 3.61. The lowest BCUT2D eigenvalue weighted by molar-refractivity contribution is -0.392. The summed E-state index contributed by atoms with van der Waals surface area (Å²) < 4.78 is 0. The Kier molecular flexibility index (Phi) is 3.00. The van der Waals surface area contributed by atoms with Gasteiger partial charge in [0.15, 0.2) is 5.69 Å². The molecule has 0 heterocycles. The number of nitro benzene ring substituents is 2. The van der Waals surface area contributed by atoms with Crippen molar-refractivity contribution in [3.8, 4) is 6.07 Å². The summed E-state index contributed by atoms with van der Waals surface area (Å²) in [5.41, 5.74) is -1.33. The van der Waals surface area contributed by atoms with E-state index in [0.717, 1.165) is 12.1 Å². The molecule has 0 unspecified atom stereocenters. The average molecular weight is 222 g/mol. The molecule has 1 aromatic carbocycles. The van der Waals surface area contributed by atoms with Gasteiger partial charge in [0.1, 0.15) is 0 Å². The number of anilines is 1. The van der Waals surface area contributed by atoms with Crippen LogP contribution in [0, 0.1) is 31.6 Å². The highest BCUT2D eigenvalue weighted by atomic mass is 16.6. The Morgan fingerprint density at radius 1 is 1.25 bits per heavy atom. The summed E-state index contributed by atoms with van der Waals surface area (Å²) in [4.78, 5) is 19.8. The number of hydrogen-bond acceptors (Lipinski definition) is 6. The van der Waals surface area contributed by atoms with Crippen molar-refractivity contribution in [3.63, 3.8) is 0 Å². The summed E-state index contributed by atoms with van der Waals surface area (Å²) >= 11 is 0. The highest BCUT2D eigenvalue weighted by Gasteiger charge is 2.25. The van der Waals surface area contributed by atoms with E-state index in [9.17, 15) is 20.2 Å². The Labute approximate surface area is 89.4 Å². The molecule has 1 rings (SSSR count). The molecule has 0 aliphatic carbocycles. The molecule has 82 valence electrons. The predicted octanol–water partition coefficient (Wildman–Crippen LogP) is 1.42. The first-order chi connectivity index (χ1) is 7.51. The van der Waals surface area contributed by atoms with Crippen LogP contribution in [0.25, 0.3) is 0 Å². The van der Waals surface area contributed by atoms with Crippen LogP contribution in [-0.2, 0) is 0 Å². The van der Waals surface area contributed by atoms with E-state index in [0.29, 0.717) is 0 Å². The lowest BCUT2D eigenvalue weighted by Gasteiger charge is -2.03. The summed E-state index contributed by atoms with van der Waals surface area (Å²) in [5.74, 6) is 0. The van der Waals surface area contributed by atoms with Crippen molar-refractivity contribution in [3.05, 3.63) is 37.9 Å². The maximum atomic E-state index is 10.7. The predicted molar refractivity (Wildman–Crippen MR) is 54.0 cm³/mol. The molecular formula is C8H6N4O4. The van der Waals surface area contributed by atoms with Crippen molar-refractivity contribution in [2.24, 2.45) is 0 Å². The molecule has 0 saturated carbocycles. The maximum Gasteiger partial charge on any atom is 0.300 e. The van der Waals surface area contributed by atoms with Crippen molar-refractivity contribution in [2.45, 2.75) is 0 Å². The van der Waals surface area contributed by atoms with Gasteiger partial charge in [-0.05, 0) is 0 Å². The first kappa shape index (κ1) is 11.4. The van der Waals surface area contributed by atoms with Gasteiger partial charge in [0.25, 0.3) is 0 Å². The smallest absolute Gasteiger partial charge is 0.300 e. The van der Waals surface area contributed by atoms with Gasteiger partial charge in [0.05, 0.1) is 21.5 Å². The number of benzene rings is 1. The van der Waals surface area contributed by atoms with E-state index in [1.165, 1.54) is 7.05 Å². The van der Waals surface area contributed by atoms with E-state index in [-0.39, 0.29) is 11.3 Å². The van der Waals surface area contributed by atoms with E-state index in [2.05, 4.69) is 5.32 Å². The SMILES string of the molecule is CNc1c([N+](=O)[O-])cc(C#N)cc1[N+](=O)[O-]. The second kappa shape index (κ2) is 4.22. The van der Waals surface area contributed by atoms with Crippen LogP contribution in [-0.4, -0.2) is 16.9 Å². The number of nitrogens with zero attached hydrogens (tertiary/aromatic N) is 3. The molecule has 0 fully saturated rings. The Bertz CT molecular complexity index is 470. The van der Waals surface area contributed by atoms with Gasteiger partial charge in [-0.1, -0.05) is 0 Å². The number of nitro groups is 2. The fraction of sp³-hybridized carbons (Fsp3) is 0.125. The van der Waals surface area contributed by atoms with Crippen LogP contribution in [0.3, 0.4) is 0 Å². The summed E-state index contributed by atoms with van der Waals surface area (Å²) in [6.07, 6.45) is 0. The third-order valence-electron chi connectivity index (χ3n) is 1.87. The topological polar surface area (TPSA) is 122 Å². The van der Waals surface area contributed by atoms with Crippen LogP contribution >= 0.6 is 0 Å². The van der Waals surface area contributed by atoms with Crippen LogP contribution < -0.4 is 5.32 Å². The van der Waals surface area contributed by atoms with Gasteiger partial charge < -0.3 is 5.32 Å². The van der Waals surface area contributed by atoms with Crippen molar-refractivity contribution in [2.75, 3.05) is 12.4 Å². The zero-order valence-electron chi connectivity index (χ0n) is 8.13. The van der Waals surface area contributed by atoms with Crippen molar-refractivity contribution in [1.29, 1.82) is 5.26 Å². The molecule has 0 saturated heterocycles. The lowest BCUT2D eigenvalue weighted by atomic mass is 10.1. The van der Waals surface area contributed by atoms with Gasteiger partial charge in [-0.3, -0.25) is 20.2 Å². The Morgan fingerprint density at radius 3 is 1.94 bits per heavy atom. The standard InChI is InChI=1S/C8H6N4O4/c1-10-8-6(11(13)14)2-5(4-9)3-7(8)12(15)16/h2-3,10H,1H3. The van der Waals surface area contributed by atoms with E-state index in [1.807, 2.05) is 0 Å². The van der Waals surface area contributed by atoms with Crippen LogP contribution in [0.4, 0.5) is 17.1 Å². The summed E-state index contributed by atoms with van der Waals surface area (Å²) in [7, 11) is 1.33. The summed E-state index contributed by atoms with van der Waals surface area (Å²) in [6.45, 7) is 0. The van der Waals surface area contributed by atoms with Crippen LogP contribution in [0.15, 0.2) is 12.1 Å².